The zero-order valence-corrected chi connectivity index (χ0v) is 27.5. The van der Waals surface area contributed by atoms with Crippen LogP contribution >= 0.6 is 24.8 Å². The Kier molecular flexibility index (Phi) is 12.4. The summed E-state index contributed by atoms with van der Waals surface area (Å²) < 4.78 is 16.5. The van der Waals surface area contributed by atoms with Crippen molar-refractivity contribution in [2.45, 2.75) is 109 Å². The summed E-state index contributed by atoms with van der Waals surface area (Å²) >= 11 is 0. The molecule has 1 aromatic carbocycles. The van der Waals surface area contributed by atoms with Crippen LogP contribution in [-0.4, -0.2) is 45.4 Å². The number of rotatable bonds is 11. The minimum atomic E-state index is -0.628. The lowest BCUT2D eigenvalue weighted by molar-refractivity contribution is -0.144. The molecule has 1 N–H and O–H groups in total. The average Bonchev–Trinajstić information content (AvgIpc) is 3.57. The Morgan fingerprint density at radius 3 is 2.40 bits per heavy atom. The van der Waals surface area contributed by atoms with Crippen molar-refractivity contribution >= 4 is 30.8 Å². The Bertz CT molecular complexity index is 1170. The van der Waals surface area contributed by atoms with E-state index in [1.807, 2.05) is 6.07 Å². The number of piperidine rings is 1. The lowest BCUT2D eigenvalue weighted by Crippen LogP contribution is -2.37. The zero-order chi connectivity index (χ0) is 28.3. The fourth-order valence-corrected chi connectivity index (χ4v) is 8.65. The molecular weight excluding hydrogens is 584 g/mol. The molecule has 8 heteroatoms. The van der Waals surface area contributed by atoms with Gasteiger partial charge in [-0.25, -0.2) is 4.39 Å². The molecule has 5 nitrogen and oxygen atoms in total. The second kappa shape index (κ2) is 15.6. The smallest absolute Gasteiger partial charge is 0.306 e. The SMILES string of the molecule is CCn1nc(CC2CCCCC2)cc1C1CCN(CC2CC([C@H](CC3CC3)C(=O)O)CC2c2cccc(F)c2)CC1.Cl.Cl. The van der Waals surface area contributed by atoms with Crippen molar-refractivity contribution in [3.05, 3.63) is 53.1 Å². The number of carbonyl (C=O) groups is 1. The van der Waals surface area contributed by atoms with Gasteiger partial charge in [-0.3, -0.25) is 9.48 Å². The minimum absolute atomic E-state index is 0. The van der Waals surface area contributed by atoms with Crippen molar-refractivity contribution in [1.82, 2.24) is 14.7 Å². The molecule has 43 heavy (non-hydrogen) atoms. The fourth-order valence-electron chi connectivity index (χ4n) is 8.65. The number of hydrogen-bond acceptors (Lipinski definition) is 3. The Balaban J connectivity index is 0.00000212. The van der Waals surface area contributed by atoms with Gasteiger partial charge in [-0.2, -0.15) is 5.10 Å². The summed E-state index contributed by atoms with van der Waals surface area (Å²) in [6.45, 7) is 6.27. The van der Waals surface area contributed by atoms with E-state index >= 15 is 0 Å². The van der Waals surface area contributed by atoms with Crippen molar-refractivity contribution in [3.8, 4) is 0 Å². The second-order valence-electron chi connectivity index (χ2n) is 13.9. The van der Waals surface area contributed by atoms with Crippen LogP contribution < -0.4 is 0 Å². The van der Waals surface area contributed by atoms with Gasteiger partial charge in [0, 0.05) is 24.7 Å². The molecule has 4 atom stereocenters. The number of likely N-dealkylation sites (tertiary alicyclic amines) is 1. The third-order valence-electron chi connectivity index (χ3n) is 11.1. The normalized spacial score (nSPS) is 26.0. The minimum Gasteiger partial charge on any atom is -0.481 e. The molecule has 0 radical (unpaired) electrons. The first kappa shape index (κ1) is 34.2. The van der Waals surface area contributed by atoms with Crippen LogP contribution in [-0.2, 0) is 17.8 Å². The molecule has 2 aromatic rings. The van der Waals surface area contributed by atoms with Crippen LogP contribution in [0.4, 0.5) is 4.39 Å². The third-order valence-corrected chi connectivity index (χ3v) is 11.1. The standard InChI is InChI=1S/C35H50FN3O2.2ClH/c1-2-39-34(22-31(37-39)17-24-7-4-3-5-8-24)26-13-15-38(16-14-26)23-29-19-28(33(35(40)41)18-25-11-12-25)21-32(29)27-9-6-10-30(36)20-27;;/h6,9-10,20,22,24-26,28-29,32-33H,2-5,7-8,11-19,21,23H2,1H3,(H,40,41);2*1H/t28?,29?,32?,33-;;/m0../s1. The summed E-state index contributed by atoms with van der Waals surface area (Å²) in [5.41, 5.74) is 3.78. The Morgan fingerprint density at radius 1 is 1.00 bits per heavy atom. The number of halogens is 3. The molecule has 2 heterocycles. The van der Waals surface area contributed by atoms with E-state index in [1.165, 1.54) is 62.4 Å². The van der Waals surface area contributed by atoms with E-state index in [4.69, 9.17) is 5.10 Å². The van der Waals surface area contributed by atoms with E-state index in [0.29, 0.717) is 17.8 Å². The molecule has 0 spiro atoms. The van der Waals surface area contributed by atoms with Crippen molar-refractivity contribution in [1.29, 1.82) is 0 Å². The van der Waals surface area contributed by atoms with Crippen LogP contribution in [0.5, 0.6) is 0 Å². The van der Waals surface area contributed by atoms with E-state index in [9.17, 15) is 14.3 Å². The number of benzene rings is 1. The summed E-state index contributed by atoms with van der Waals surface area (Å²) in [6, 6.07) is 9.51. The molecule has 3 saturated carbocycles. The number of aromatic nitrogens is 2. The van der Waals surface area contributed by atoms with E-state index in [2.05, 4.69) is 28.6 Å². The Morgan fingerprint density at radius 2 is 1.74 bits per heavy atom. The number of carboxylic acids is 1. The van der Waals surface area contributed by atoms with E-state index in [-0.39, 0.29) is 48.4 Å². The number of carboxylic acid groups (broad SMARTS) is 1. The average molecular weight is 637 g/mol. The van der Waals surface area contributed by atoms with E-state index in [0.717, 1.165) is 76.2 Å². The number of nitrogens with zero attached hydrogens (tertiary/aromatic N) is 3. The second-order valence-corrected chi connectivity index (χ2v) is 13.9. The molecule has 0 bridgehead atoms. The summed E-state index contributed by atoms with van der Waals surface area (Å²) in [4.78, 5) is 14.9. The summed E-state index contributed by atoms with van der Waals surface area (Å²) in [7, 11) is 0. The van der Waals surface area contributed by atoms with Crippen LogP contribution in [0.3, 0.4) is 0 Å². The lowest BCUT2D eigenvalue weighted by atomic mass is 9.85. The Hall–Kier alpha value is -1.63. The highest BCUT2D eigenvalue weighted by molar-refractivity contribution is 5.85. The van der Waals surface area contributed by atoms with Crippen molar-refractivity contribution in [3.63, 3.8) is 0 Å². The highest BCUT2D eigenvalue weighted by atomic mass is 35.5. The first-order valence-electron chi connectivity index (χ1n) is 16.7. The van der Waals surface area contributed by atoms with Crippen molar-refractivity contribution in [2.75, 3.05) is 19.6 Å². The molecule has 240 valence electrons. The van der Waals surface area contributed by atoms with E-state index in [1.54, 1.807) is 6.07 Å². The fraction of sp³-hybridized carbons (Fsp3) is 0.714. The monoisotopic (exact) mass is 635 g/mol. The van der Waals surface area contributed by atoms with Gasteiger partial charge in [-0.15, -0.1) is 24.8 Å². The molecule has 6 rings (SSSR count). The van der Waals surface area contributed by atoms with Gasteiger partial charge in [0.1, 0.15) is 5.82 Å². The quantitative estimate of drug-likeness (QED) is 0.269. The Labute approximate surface area is 270 Å². The predicted octanol–water partition coefficient (Wildman–Crippen LogP) is 8.50. The third kappa shape index (κ3) is 8.55. The molecule has 1 saturated heterocycles. The van der Waals surface area contributed by atoms with Gasteiger partial charge >= 0.3 is 5.97 Å². The molecule has 0 amide bonds. The van der Waals surface area contributed by atoms with Gasteiger partial charge in [0.25, 0.3) is 0 Å². The molecule has 1 aromatic heterocycles. The number of aliphatic carboxylic acids is 1. The van der Waals surface area contributed by atoms with Crippen LogP contribution in [0.25, 0.3) is 0 Å². The van der Waals surface area contributed by atoms with Gasteiger partial charge in [0.2, 0.25) is 0 Å². The molecular formula is C35H52Cl2FN3O2. The maximum absolute atomic E-state index is 14.3. The summed E-state index contributed by atoms with van der Waals surface area (Å²) in [5.74, 6) is 1.69. The van der Waals surface area contributed by atoms with Gasteiger partial charge in [0.15, 0.2) is 0 Å². The van der Waals surface area contributed by atoms with Crippen molar-refractivity contribution < 1.29 is 14.3 Å². The predicted molar refractivity (Wildman–Crippen MR) is 175 cm³/mol. The van der Waals surface area contributed by atoms with Gasteiger partial charge in [-0.1, -0.05) is 57.1 Å². The highest BCUT2D eigenvalue weighted by Crippen LogP contribution is 2.49. The zero-order valence-electron chi connectivity index (χ0n) is 25.8. The van der Waals surface area contributed by atoms with Crippen LogP contribution in [0.15, 0.2) is 30.3 Å². The molecule has 4 fully saturated rings. The van der Waals surface area contributed by atoms with Gasteiger partial charge in [0.05, 0.1) is 11.6 Å². The summed E-state index contributed by atoms with van der Waals surface area (Å²) in [6.07, 6.45) is 15.3. The summed E-state index contributed by atoms with van der Waals surface area (Å²) in [5, 5.41) is 15.2. The first-order chi connectivity index (χ1) is 20.0. The molecule has 3 aliphatic carbocycles. The maximum Gasteiger partial charge on any atom is 0.306 e. The molecule has 3 unspecified atom stereocenters. The molecule has 4 aliphatic rings. The van der Waals surface area contributed by atoms with Gasteiger partial charge in [-0.05, 0) is 112 Å². The van der Waals surface area contributed by atoms with Crippen molar-refractivity contribution in [2.24, 2.45) is 29.6 Å². The highest BCUT2D eigenvalue weighted by Gasteiger charge is 2.43. The van der Waals surface area contributed by atoms with Crippen LogP contribution in [0.2, 0.25) is 0 Å². The maximum atomic E-state index is 14.3. The topological polar surface area (TPSA) is 58.4 Å². The van der Waals surface area contributed by atoms with E-state index < -0.39 is 5.97 Å². The first-order valence-corrected chi connectivity index (χ1v) is 16.7. The van der Waals surface area contributed by atoms with Crippen LogP contribution in [0, 0.1) is 35.4 Å². The number of aryl methyl sites for hydroxylation is 1. The van der Waals surface area contributed by atoms with Gasteiger partial charge < -0.3 is 10.0 Å². The largest absolute Gasteiger partial charge is 0.481 e. The van der Waals surface area contributed by atoms with Crippen LogP contribution in [0.1, 0.15) is 113 Å². The molecule has 1 aliphatic heterocycles. The number of hydrogen-bond donors (Lipinski definition) is 1. The lowest BCUT2D eigenvalue weighted by Gasteiger charge is -2.35.